The first-order valence-electron chi connectivity index (χ1n) is 5.01. The lowest BCUT2D eigenvalue weighted by molar-refractivity contribution is 0.000691. The second-order valence-electron chi connectivity index (χ2n) is 3.88. The number of thiazole rings is 1. The van der Waals surface area contributed by atoms with Gasteiger partial charge in [-0.1, -0.05) is 11.3 Å². The van der Waals surface area contributed by atoms with E-state index in [1.165, 1.54) is 6.20 Å². The molecule has 90 valence electrons. The SMILES string of the molecule is CCOC(C)(C)CNc1ncc(C(=O)O)s1. The molecular formula is C10H16N2O3S. The molecule has 1 rings (SSSR count). The average Bonchev–Trinajstić information content (AvgIpc) is 2.63. The zero-order valence-electron chi connectivity index (χ0n) is 9.61. The van der Waals surface area contributed by atoms with E-state index < -0.39 is 5.97 Å². The second-order valence-corrected chi connectivity index (χ2v) is 4.91. The molecule has 5 nitrogen and oxygen atoms in total. The number of aromatic nitrogens is 1. The number of carbonyl (C=O) groups is 1. The van der Waals surface area contributed by atoms with E-state index in [0.29, 0.717) is 18.3 Å². The number of ether oxygens (including phenoxy) is 1. The van der Waals surface area contributed by atoms with Crippen molar-refractivity contribution in [3.8, 4) is 0 Å². The van der Waals surface area contributed by atoms with Gasteiger partial charge in [-0.25, -0.2) is 9.78 Å². The Morgan fingerprint density at radius 2 is 2.38 bits per heavy atom. The van der Waals surface area contributed by atoms with Gasteiger partial charge >= 0.3 is 5.97 Å². The number of nitrogens with zero attached hydrogens (tertiary/aromatic N) is 1. The molecule has 0 radical (unpaired) electrons. The predicted molar refractivity (Wildman–Crippen MR) is 63.3 cm³/mol. The molecule has 0 atom stereocenters. The minimum atomic E-state index is -0.949. The largest absolute Gasteiger partial charge is 0.477 e. The Balaban J connectivity index is 2.51. The molecule has 0 saturated carbocycles. The lowest BCUT2D eigenvalue weighted by atomic mass is 10.1. The van der Waals surface area contributed by atoms with Crippen LogP contribution in [0.3, 0.4) is 0 Å². The van der Waals surface area contributed by atoms with Crippen molar-refractivity contribution in [3.63, 3.8) is 0 Å². The predicted octanol–water partition coefficient (Wildman–Crippen LogP) is 2.07. The highest BCUT2D eigenvalue weighted by Gasteiger charge is 2.18. The van der Waals surface area contributed by atoms with E-state index in [2.05, 4.69) is 10.3 Å². The molecule has 0 bridgehead atoms. The maximum Gasteiger partial charge on any atom is 0.347 e. The molecule has 0 saturated heterocycles. The fraction of sp³-hybridized carbons (Fsp3) is 0.600. The van der Waals surface area contributed by atoms with E-state index in [4.69, 9.17) is 9.84 Å². The van der Waals surface area contributed by atoms with Crippen LogP contribution >= 0.6 is 11.3 Å². The summed E-state index contributed by atoms with van der Waals surface area (Å²) in [7, 11) is 0. The van der Waals surface area contributed by atoms with Crippen LogP contribution in [0.5, 0.6) is 0 Å². The normalized spacial score (nSPS) is 11.4. The van der Waals surface area contributed by atoms with Gasteiger partial charge in [0.2, 0.25) is 0 Å². The highest BCUT2D eigenvalue weighted by molar-refractivity contribution is 7.17. The second kappa shape index (κ2) is 5.27. The van der Waals surface area contributed by atoms with Gasteiger partial charge in [-0.05, 0) is 20.8 Å². The molecule has 0 aliphatic carbocycles. The Labute approximate surface area is 98.5 Å². The van der Waals surface area contributed by atoms with Crippen molar-refractivity contribution in [2.75, 3.05) is 18.5 Å². The third-order valence-corrected chi connectivity index (χ3v) is 2.86. The minimum absolute atomic E-state index is 0.233. The molecule has 1 aromatic rings. The smallest absolute Gasteiger partial charge is 0.347 e. The maximum atomic E-state index is 10.6. The van der Waals surface area contributed by atoms with Crippen LogP contribution in [0.25, 0.3) is 0 Å². The van der Waals surface area contributed by atoms with Gasteiger partial charge in [0.25, 0.3) is 0 Å². The summed E-state index contributed by atoms with van der Waals surface area (Å²) in [6.45, 7) is 7.11. The summed E-state index contributed by atoms with van der Waals surface area (Å²) in [4.78, 5) is 14.8. The zero-order chi connectivity index (χ0) is 12.2. The highest BCUT2D eigenvalue weighted by Crippen LogP contribution is 2.19. The van der Waals surface area contributed by atoms with Crippen molar-refractivity contribution >= 4 is 22.4 Å². The monoisotopic (exact) mass is 244 g/mol. The van der Waals surface area contributed by atoms with Crippen molar-refractivity contribution in [2.24, 2.45) is 0 Å². The number of hydrogen-bond acceptors (Lipinski definition) is 5. The van der Waals surface area contributed by atoms with E-state index in [0.717, 1.165) is 11.3 Å². The van der Waals surface area contributed by atoms with Gasteiger partial charge in [-0.2, -0.15) is 0 Å². The quantitative estimate of drug-likeness (QED) is 0.801. The Bertz CT molecular complexity index is 363. The minimum Gasteiger partial charge on any atom is -0.477 e. The third kappa shape index (κ3) is 3.79. The Morgan fingerprint density at radius 1 is 1.69 bits per heavy atom. The van der Waals surface area contributed by atoms with Gasteiger partial charge < -0.3 is 15.2 Å². The average molecular weight is 244 g/mol. The van der Waals surface area contributed by atoms with Crippen LogP contribution in [0.2, 0.25) is 0 Å². The summed E-state index contributed by atoms with van der Waals surface area (Å²) in [6, 6.07) is 0. The topological polar surface area (TPSA) is 71.5 Å². The van der Waals surface area contributed by atoms with Crippen LogP contribution in [0.15, 0.2) is 6.20 Å². The summed E-state index contributed by atoms with van der Waals surface area (Å²) in [5.74, 6) is -0.949. The van der Waals surface area contributed by atoms with E-state index >= 15 is 0 Å². The van der Waals surface area contributed by atoms with Crippen LogP contribution in [0.4, 0.5) is 5.13 Å². The number of aromatic carboxylic acids is 1. The molecule has 0 aliphatic heterocycles. The fourth-order valence-corrected chi connectivity index (χ4v) is 1.84. The molecule has 0 aromatic carbocycles. The fourth-order valence-electron chi connectivity index (χ4n) is 1.18. The highest BCUT2D eigenvalue weighted by atomic mass is 32.1. The number of hydrogen-bond donors (Lipinski definition) is 2. The first-order chi connectivity index (χ1) is 7.44. The zero-order valence-corrected chi connectivity index (χ0v) is 10.4. The Kier molecular flexibility index (Phi) is 4.26. The molecule has 0 spiro atoms. The number of anilines is 1. The first-order valence-corrected chi connectivity index (χ1v) is 5.83. The summed E-state index contributed by atoms with van der Waals surface area (Å²) in [6.07, 6.45) is 1.35. The standard InChI is InChI=1S/C10H16N2O3S/c1-4-15-10(2,3)6-12-9-11-5-7(16-9)8(13)14/h5H,4,6H2,1-3H3,(H,11,12)(H,13,14). The molecule has 0 amide bonds. The van der Waals surface area contributed by atoms with Gasteiger partial charge in [0.05, 0.1) is 11.8 Å². The molecule has 2 N–H and O–H groups in total. The van der Waals surface area contributed by atoms with Crippen LogP contribution in [0, 0.1) is 0 Å². The summed E-state index contributed by atoms with van der Waals surface area (Å²) in [5.41, 5.74) is -0.288. The number of rotatable bonds is 6. The summed E-state index contributed by atoms with van der Waals surface area (Å²) >= 11 is 1.12. The molecule has 6 heteroatoms. The maximum absolute atomic E-state index is 10.6. The first kappa shape index (κ1) is 12.9. The van der Waals surface area contributed by atoms with E-state index in [-0.39, 0.29) is 10.5 Å². The van der Waals surface area contributed by atoms with E-state index in [9.17, 15) is 4.79 Å². The molecule has 0 aliphatic rings. The lowest BCUT2D eigenvalue weighted by Crippen LogP contribution is -2.33. The summed E-state index contributed by atoms with van der Waals surface area (Å²) < 4.78 is 5.50. The van der Waals surface area contributed by atoms with Crippen molar-refractivity contribution in [1.29, 1.82) is 0 Å². The van der Waals surface area contributed by atoms with Gasteiger partial charge in [-0.3, -0.25) is 0 Å². The molecule has 0 unspecified atom stereocenters. The molecule has 1 aromatic heterocycles. The number of carboxylic acid groups (broad SMARTS) is 1. The van der Waals surface area contributed by atoms with E-state index in [1.54, 1.807) is 0 Å². The molecule has 0 fully saturated rings. The third-order valence-electron chi connectivity index (χ3n) is 1.92. The lowest BCUT2D eigenvalue weighted by Gasteiger charge is -2.24. The van der Waals surface area contributed by atoms with Crippen LogP contribution in [-0.2, 0) is 4.74 Å². The van der Waals surface area contributed by atoms with E-state index in [1.807, 2.05) is 20.8 Å². The van der Waals surface area contributed by atoms with Gasteiger partial charge in [0.15, 0.2) is 5.13 Å². The molecule has 16 heavy (non-hydrogen) atoms. The summed E-state index contributed by atoms with van der Waals surface area (Å²) in [5, 5.41) is 12.4. The Morgan fingerprint density at radius 3 is 2.88 bits per heavy atom. The molecule has 1 heterocycles. The Hall–Kier alpha value is -1.14. The number of carboxylic acids is 1. The van der Waals surface area contributed by atoms with Crippen LogP contribution < -0.4 is 5.32 Å². The van der Waals surface area contributed by atoms with Crippen molar-refractivity contribution in [1.82, 2.24) is 4.98 Å². The van der Waals surface area contributed by atoms with Crippen LogP contribution in [0.1, 0.15) is 30.4 Å². The van der Waals surface area contributed by atoms with Gasteiger partial charge in [-0.15, -0.1) is 0 Å². The van der Waals surface area contributed by atoms with Crippen molar-refractivity contribution < 1.29 is 14.6 Å². The van der Waals surface area contributed by atoms with Gasteiger partial charge in [0.1, 0.15) is 4.88 Å². The van der Waals surface area contributed by atoms with Crippen molar-refractivity contribution in [3.05, 3.63) is 11.1 Å². The van der Waals surface area contributed by atoms with Crippen LogP contribution in [-0.4, -0.2) is 34.8 Å². The number of nitrogens with one attached hydrogen (secondary N) is 1. The molecular weight excluding hydrogens is 228 g/mol. The van der Waals surface area contributed by atoms with Gasteiger partial charge in [0, 0.05) is 13.2 Å². The van der Waals surface area contributed by atoms with Crippen molar-refractivity contribution in [2.45, 2.75) is 26.4 Å².